The Hall–Kier alpha value is -3.08. The Morgan fingerprint density at radius 1 is 1.18 bits per heavy atom. The standard InChI is InChI=1S/C23H25N3O2/c1-26-22(27)20-11-5-9-18(21(20)25-23(26)24)13-15-6-3-7-16(12-15)17-8-4-10-19(14-17)28-2/h3-4,6-8,10,12,14,18H,5,9,11,13H2,1-2H3,(H2,24,25). The maximum absolute atomic E-state index is 12.6. The van der Waals surface area contributed by atoms with Gasteiger partial charge in [-0.3, -0.25) is 9.36 Å². The van der Waals surface area contributed by atoms with Gasteiger partial charge in [-0.15, -0.1) is 0 Å². The number of hydrogen-bond acceptors (Lipinski definition) is 4. The zero-order valence-electron chi connectivity index (χ0n) is 16.3. The third-order valence-electron chi connectivity index (χ3n) is 5.63. The monoisotopic (exact) mass is 375 g/mol. The summed E-state index contributed by atoms with van der Waals surface area (Å²) in [6.45, 7) is 0. The summed E-state index contributed by atoms with van der Waals surface area (Å²) >= 11 is 0. The first-order valence-electron chi connectivity index (χ1n) is 9.65. The van der Waals surface area contributed by atoms with E-state index in [1.165, 1.54) is 10.1 Å². The van der Waals surface area contributed by atoms with Crippen LogP contribution in [0.15, 0.2) is 53.3 Å². The lowest BCUT2D eigenvalue weighted by molar-refractivity contribution is 0.415. The van der Waals surface area contributed by atoms with Gasteiger partial charge in [-0.2, -0.15) is 0 Å². The second kappa shape index (κ2) is 7.50. The maximum Gasteiger partial charge on any atom is 0.258 e. The van der Waals surface area contributed by atoms with E-state index in [0.29, 0.717) is 5.95 Å². The second-order valence-electron chi connectivity index (χ2n) is 7.42. The predicted octanol–water partition coefficient (Wildman–Crippen LogP) is 3.70. The van der Waals surface area contributed by atoms with Gasteiger partial charge in [0, 0.05) is 18.5 Å². The summed E-state index contributed by atoms with van der Waals surface area (Å²) < 4.78 is 6.80. The van der Waals surface area contributed by atoms with Crippen molar-refractivity contribution in [2.24, 2.45) is 7.05 Å². The summed E-state index contributed by atoms with van der Waals surface area (Å²) in [4.78, 5) is 17.1. The Balaban J connectivity index is 1.66. The van der Waals surface area contributed by atoms with Crippen LogP contribution < -0.4 is 16.0 Å². The molecule has 0 radical (unpaired) electrons. The van der Waals surface area contributed by atoms with Crippen LogP contribution in [0.1, 0.15) is 35.6 Å². The molecular weight excluding hydrogens is 350 g/mol. The van der Waals surface area contributed by atoms with E-state index in [2.05, 4.69) is 35.3 Å². The van der Waals surface area contributed by atoms with E-state index in [1.54, 1.807) is 14.2 Å². The van der Waals surface area contributed by atoms with E-state index in [1.807, 2.05) is 18.2 Å². The third-order valence-corrected chi connectivity index (χ3v) is 5.63. The van der Waals surface area contributed by atoms with E-state index in [-0.39, 0.29) is 11.5 Å². The molecule has 28 heavy (non-hydrogen) atoms. The number of ether oxygens (including phenoxy) is 1. The zero-order chi connectivity index (χ0) is 19.7. The Morgan fingerprint density at radius 2 is 1.93 bits per heavy atom. The molecule has 0 saturated heterocycles. The van der Waals surface area contributed by atoms with Crippen molar-refractivity contribution in [3.8, 4) is 16.9 Å². The molecule has 4 rings (SSSR count). The van der Waals surface area contributed by atoms with Crippen molar-refractivity contribution in [1.82, 2.24) is 9.55 Å². The number of rotatable bonds is 4. The van der Waals surface area contributed by atoms with Gasteiger partial charge in [-0.1, -0.05) is 36.4 Å². The molecule has 0 spiro atoms. The molecule has 1 heterocycles. The average molecular weight is 375 g/mol. The van der Waals surface area contributed by atoms with E-state index >= 15 is 0 Å². The summed E-state index contributed by atoms with van der Waals surface area (Å²) in [5.41, 5.74) is 11.2. The zero-order valence-corrected chi connectivity index (χ0v) is 16.3. The van der Waals surface area contributed by atoms with Gasteiger partial charge in [0.1, 0.15) is 5.75 Å². The average Bonchev–Trinajstić information content (AvgIpc) is 2.73. The summed E-state index contributed by atoms with van der Waals surface area (Å²) in [6, 6.07) is 16.6. The number of nitrogens with two attached hydrogens (primary N) is 1. The minimum Gasteiger partial charge on any atom is -0.497 e. The minimum absolute atomic E-state index is 0.00247. The predicted molar refractivity (Wildman–Crippen MR) is 112 cm³/mol. The lowest BCUT2D eigenvalue weighted by Gasteiger charge is -2.25. The first kappa shape index (κ1) is 18.3. The van der Waals surface area contributed by atoms with Gasteiger partial charge >= 0.3 is 0 Å². The molecule has 1 aromatic heterocycles. The molecule has 144 valence electrons. The SMILES string of the molecule is COc1cccc(-c2cccc(CC3CCCc4c3nc(N)n(C)c4=O)c2)c1. The van der Waals surface area contributed by atoms with Gasteiger partial charge in [0.25, 0.3) is 5.56 Å². The highest BCUT2D eigenvalue weighted by Crippen LogP contribution is 2.33. The van der Waals surface area contributed by atoms with Crippen LogP contribution >= 0.6 is 0 Å². The molecule has 5 nitrogen and oxygen atoms in total. The summed E-state index contributed by atoms with van der Waals surface area (Å²) in [5, 5.41) is 0. The molecule has 0 amide bonds. The summed E-state index contributed by atoms with van der Waals surface area (Å²) in [6.07, 6.45) is 3.67. The third kappa shape index (κ3) is 3.40. The Bertz CT molecular complexity index is 1070. The van der Waals surface area contributed by atoms with Crippen LogP contribution in [0.4, 0.5) is 5.95 Å². The second-order valence-corrected chi connectivity index (χ2v) is 7.42. The van der Waals surface area contributed by atoms with Crippen molar-refractivity contribution in [2.45, 2.75) is 31.6 Å². The number of anilines is 1. The number of nitrogens with zero attached hydrogens (tertiary/aromatic N) is 2. The number of hydrogen-bond donors (Lipinski definition) is 1. The van der Waals surface area contributed by atoms with Crippen LogP contribution in [0.3, 0.4) is 0 Å². The summed E-state index contributed by atoms with van der Waals surface area (Å²) in [7, 11) is 3.37. The fourth-order valence-electron chi connectivity index (χ4n) is 4.08. The van der Waals surface area contributed by atoms with Gasteiger partial charge in [0.2, 0.25) is 5.95 Å². The maximum atomic E-state index is 12.6. The Labute approximate surface area is 164 Å². The number of aromatic nitrogens is 2. The highest BCUT2D eigenvalue weighted by atomic mass is 16.5. The molecule has 0 fully saturated rings. The van der Waals surface area contributed by atoms with Crippen LogP contribution in [-0.4, -0.2) is 16.7 Å². The molecule has 2 N–H and O–H groups in total. The molecule has 2 aromatic carbocycles. The van der Waals surface area contributed by atoms with E-state index < -0.39 is 0 Å². The highest BCUT2D eigenvalue weighted by molar-refractivity contribution is 5.65. The molecule has 5 heteroatoms. The first-order valence-corrected chi connectivity index (χ1v) is 9.65. The van der Waals surface area contributed by atoms with Gasteiger partial charge in [0.05, 0.1) is 12.8 Å². The van der Waals surface area contributed by atoms with Crippen molar-refractivity contribution < 1.29 is 4.74 Å². The lowest BCUT2D eigenvalue weighted by atomic mass is 9.83. The Kier molecular flexibility index (Phi) is 4.90. The molecular formula is C23H25N3O2. The molecule has 0 bridgehead atoms. The van der Waals surface area contributed by atoms with Crippen LogP contribution in [-0.2, 0) is 19.9 Å². The highest BCUT2D eigenvalue weighted by Gasteiger charge is 2.26. The van der Waals surface area contributed by atoms with Crippen LogP contribution in [0.25, 0.3) is 11.1 Å². The largest absolute Gasteiger partial charge is 0.497 e. The normalized spacial score (nSPS) is 15.9. The van der Waals surface area contributed by atoms with Crippen LogP contribution in [0, 0.1) is 0 Å². The fraction of sp³-hybridized carbons (Fsp3) is 0.304. The van der Waals surface area contributed by atoms with Gasteiger partial charge in [0.15, 0.2) is 0 Å². The van der Waals surface area contributed by atoms with Crippen molar-refractivity contribution in [3.63, 3.8) is 0 Å². The number of fused-ring (bicyclic) bond motifs is 1. The van der Waals surface area contributed by atoms with Gasteiger partial charge in [-0.25, -0.2) is 4.98 Å². The van der Waals surface area contributed by atoms with E-state index in [4.69, 9.17) is 10.5 Å². The number of methoxy groups -OCH3 is 1. The van der Waals surface area contributed by atoms with Crippen molar-refractivity contribution in [3.05, 3.63) is 75.7 Å². The van der Waals surface area contributed by atoms with E-state index in [0.717, 1.165) is 53.8 Å². The smallest absolute Gasteiger partial charge is 0.258 e. The minimum atomic E-state index is -0.00247. The van der Waals surface area contributed by atoms with Crippen LogP contribution in [0.5, 0.6) is 5.75 Å². The molecule has 1 aliphatic carbocycles. The van der Waals surface area contributed by atoms with Crippen molar-refractivity contribution >= 4 is 5.95 Å². The van der Waals surface area contributed by atoms with E-state index in [9.17, 15) is 4.79 Å². The van der Waals surface area contributed by atoms with Gasteiger partial charge in [-0.05, 0) is 54.5 Å². The molecule has 3 aromatic rings. The fourth-order valence-corrected chi connectivity index (χ4v) is 4.08. The quantitative estimate of drug-likeness (QED) is 0.755. The van der Waals surface area contributed by atoms with Gasteiger partial charge < -0.3 is 10.5 Å². The Morgan fingerprint density at radius 3 is 2.71 bits per heavy atom. The molecule has 1 unspecified atom stereocenters. The molecule has 0 aliphatic heterocycles. The lowest BCUT2D eigenvalue weighted by Crippen LogP contribution is -2.30. The van der Waals surface area contributed by atoms with Crippen molar-refractivity contribution in [2.75, 3.05) is 12.8 Å². The number of nitrogen functional groups attached to an aromatic ring is 1. The molecule has 0 saturated carbocycles. The molecule has 1 atom stereocenters. The van der Waals surface area contributed by atoms with Crippen LogP contribution in [0.2, 0.25) is 0 Å². The summed E-state index contributed by atoms with van der Waals surface area (Å²) in [5.74, 6) is 1.36. The van der Waals surface area contributed by atoms with Crippen molar-refractivity contribution in [1.29, 1.82) is 0 Å². The number of benzene rings is 2. The topological polar surface area (TPSA) is 70.1 Å². The first-order chi connectivity index (χ1) is 13.6. The molecule has 1 aliphatic rings.